The van der Waals surface area contributed by atoms with E-state index in [9.17, 15) is 5.11 Å². The molecule has 1 saturated carbocycles. The Balaban J connectivity index is 1.36. The molecule has 0 amide bonds. The molecule has 0 aromatic heterocycles. The summed E-state index contributed by atoms with van der Waals surface area (Å²) in [5.41, 5.74) is 0. The van der Waals surface area contributed by atoms with Gasteiger partial charge in [-0.05, 0) is 64.7 Å². The van der Waals surface area contributed by atoms with Gasteiger partial charge in [-0.15, -0.1) is 0 Å². The maximum atomic E-state index is 9.41. The molecule has 3 fully saturated rings. The first-order valence-corrected chi connectivity index (χ1v) is 8.18. The fourth-order valence-electron chi connectivity index (χ4n) is 3.57. The molecule has 2 N–H and O–H groups in total. The van der Waals surface area contributed by atoms with Gasteiger partial charge in [-0.25, -0.2) is 0 Å². The Labute approximate surface area is 117 Å². The minimum atomic E-state index is 0.292. The third-order valence-corrected chi connectivity index (χ3v) is 4.97. The number of nitrogens with zero attached hydrogens (tertiary/aromatic N) is 2. The monoisotopic (exact) mass is 267 g/mol. The summed E-state index contributed by atoms with van der Waals surface area (Å²) >= 11 is 0. The van der Waals surface area contributed by atoms with Gasteiger partial charge in [0, 0.05) is 24.7 Å². The second-order valence-corrected chi connectivity index (χ2v) is 6.60. The van der Waals surface area contributed by atoms with Crippen LogP contribution in [0.4, 0.5) is 0 Å². The molecular weight excluding hydrogens is 238 g/mol. The summed E-state index contributed by atoms with van der Waals surface area (Å²) in [7, 11) is 0. The molecule has 110 valence electrons. The molecule has 2 aliphatic heterocycles. The molecule has 0 radical (unpaired) electrons. The minimum Gasteiger partial charge on any atom is -0.395 e. The van der Waals surface area contributed by atoms with Gasteiger partial charge in [0.15, 0.2) is 0 Å². The highest BCUT2D eigenvalue weighted by Gasteiger charge is 2.30. The largest absolute Gasteiger partial charge is 0.395 e. The maximum Gasteiger partial charge on any atom is 0.0585 e. The molecule has 3 rings (SSSR count). The molecule has 2 unspecified atom stereocenters. The molecular formula is C15H29N3O. The van der Waals surface area contributed by atoms with E-state index in [2.05, 4.69) is 15.1 Å². The van der Waals surface area contributed by atoms with Crippen LogP contribution in [0.15, 0.2) is 0 Å². The van der Waals surface area contributed by atoms with Gasteiger partial charge in [0.1, 0.15) is 0 Å². The number of likely N-dealkylation sites (tertiary alicyclic amines) is 2. The van der Waals surface area contributed by atoms with E-state index in [1.165, 1.54) is 58.3 Å². The van der Waals surface area contributed by atoms with Crippen LogP contribution < -0.4 is 5.32 Å². The van der Waals surface area contributed by atoms with Gasteiger partial charge >= 0.3 is 0 Å². The van der Waals surface area contributed by atoms with E-state index in [4.69, 9.17) is 0 Å². The smallest absolute Gasteiger partial charge is 0.0585 e. The Hall–Kier alpha value is -0.160. The average Bonchev–Trinajstić information content (AvgIpc) is 2.94. The number of aliphatic hydroxyl groups is 1. The summed E-state index contributed by atoms with van der Waals surface area (Å²) in [4.78, 5) is 5.28. The number of nitrogens with one attached hydrogen (secondary N) is 1. The van der Waals surface area contributed by atoms with Crippen LogP contribution in [-0.2, 0) is 0 Å². The highest BCUT2D eigenvalue weighted by Crippen LogP contribution is 2.22. The van der Waals surface area contributed by atoms with Crippen molar-refractivity contribution in [2.45, 2.75) is 56.7 Å². The summed E-state index contributed by atoms with van der Waals surface area (Å²) in [5.74, 6) is 0. The van der Waals surface area contributed by atoms with E-state index in [1.54, 1.807) is 0 Å². The highest BCUT2D eigenvalue weighted by molar-refractivity contribution is 4.88. The quantitative estimate of drug-likeness (QED) is 0.711. The van der Waals surface area contributed by atoms with Crippen LogP contribution in [0.5, 0.6) is 0 Å². The Morgan fingerprint density at radius 1 is 1.11 bits per heavy atom. The molecule has 2 atom stereocenters. The third kappa shape index (κ3) is 3.91. The van der Waals surface area contributed by atoms with Crippen LogP contribution in [-0.4, -0.2) is 72.4 Å². The first-order chi connectivity index (χ1) is 9.35. The number of hydrogen-bond acceptors (Lipinski definition) is 4. The van der Waals surface area contributed by atoms with E-state index in [0.29, 0.717) is 18.7 Å². The van der Waals surface area contributed by atoms with Crippen LogP contribution in [0.2, 0.25) is 0 Å². The molecule has 4 nitrogen and oxygen atoms in total. The molecule has 0 spiro atoms. The number of rotatable bonds is 7. The molecule has 19 heavy (non-hydrogen) atoms. The SMILES string of the molecule is OCC(CCN1CCC(N2CCCC2)C1)NC1CC1. The lowest BCUT2D eigenvalue weighted by atomic mass is 10.2. The van der Waals surface area contributed by atoms with Crippen molar-refractivity contribution in [3.63, 3.8) is 0 Å². The Kier molecular flexibility index (Phi) is 4.74. The van der Waals surface area contributed by atoms with Gasteiger partial charge in [0.25, 0.3) is 0 Å². The molecule has 0 aromatic rings. The van der Waals surface area contributed by atoms with Gasteiger partial charge in [0.05, 0.1) is 6.61 Å². The van der Waals surface area contributed by atoms with Gasteiger partial charge in [-0.2, -0.15) is 0 Å². The summed E-state index contributed by atoms with van der Waals surface area (Å²) < 4.78 is 0. The molecule has 4 heteroatoms. The first kappa shape index (κ1) is 13.8. The zero-order chi connectivity index (χ0) is 13.1. The summed E-state index contributed by atoms with van der Waals surface area (Å²) in [6.07, 6.45) is 7.84. The standard InChI is InChI=1S/C15H29N3O/c19-12-14(16-13-3-4-13)5-9-17-10-6-15(11-17)18-7-1-2-8-18/h13-16,19H,1-12H2. The zero-order valence-corrected chi connectivity index (χ0v) is 12.1. The highest BCUT2D eigenvalue weighted by atomic mass is 16.3. The maximum absolute atomic E-state index is 9.41. The van der Waals surface area contributed by atoms with Gasteiger partial charge < -0.3 is 15.3 Å². The fourth-order valence-corrected chi connectivity index (χ4v) is 3.57. The lowest BCUT2D eigenvalue weighted by molar-refractivity contribution is 0.204. The molecule has 1 aliphatic carbocycles. The van der Waals surface area contributed by atoms with Crippen molar-refractivity contribution in [1.82, 2.24) is 15.1 Å². The summed E-state index contributed by atoms with van der Waals surface area (Å²) in [6, 6.07) is 1.83. The summed E-state index contributed by atoms with van der Waals surface area (Å²) in [5, 5.41) is 13.0. The van der Waals surface area contributed by atoms with Gasteiger partial charge in [-0.3, -0.25) is 4.90 Å². The second-order valence-electron chi connectivity index (χ2n) is 6.60. The molecule has 0 bridgehead atoms. The van der Waals surface area contributed by atoms with Crippen LogP contribution in [0.3, 0.4) is 0 Å². The van der Waals surface area contributed by atoms with Crippen molar-refractivity contribution in [2.75, 3.05) is 39.3 Å². The Morgan fingerprint density at radius 3 is 2.58 bits per heavy atom. The van der Waals surface area contributed by atoms with Crippen molar-refractivity contribution in [3.8, 4) is 0 Å². The third-order valence-electron chi connectivity index (χ3n) is 4.97. The van der Waals surface area contributed by atoms with Crippen molar-refractivity contribution in [3.05, 3.63) is 0 Å². The normalized spacial score (nSPS) is 31.1. The van der Waals surface area contributed by atoms with E-state index in [0.717, 1.165) is 19.0 Å². The van der Waals surface area contributed by atoms with E-state index in [1.807, 2.05) is 0 Å². The Bertz CT molecular complexity index is 277. The molecule has 2 heterocycles. The van der Waals surface area contributed by atoms with Crippen LogP contribution in [0.25, 0.3) is 0 Å². The van der Waals surface area contributed by atoms with Crippen LogP contribution in [0.1, 0.15) is 38.5 Å². The van der Waals surface area contributed by atoms with Crippen LogP contribution >= 0.6 is 0 Å². The second kappa shape index (κ2) is 6.53. The molecule has 3 aliphatic rings. The predicted molar refractivity (Wildman–Crippen MR) is 77.3 cm³/mol. The van der Waals surface area contributed by atoms with E-state index in [-0.39, 0.29) is 0 Å². The number of aliphatic hydroxyl groups excluding tert-OH is 1. The topological polar surface area (TPSA) is 38.7 Å². The lowest BCUT2D eigenvalue weighted by Gasteiger charge is -2.24. The molecule has 0 aromatic carbocycles. The van der Waals surface area contributed by atoms with Crippen molar-refractivity contribution >= 4 is 0 Å². The predicted octanol–water partition coefficient (Wildman–Crippen LogP) is 0.660. The average molecular weight is 267 g/mol. The fraction of sp³-hybridized carbons (Fsp3) is 1.00. The first-order valence-electron chi connectivity index (χ1n) is 8.18. The van der Waals surface area contributed by atoms with Gasteiger partial charge in [0.2, 0.25) is 0 Å². The summed E-state index contributed by atoms with van der Waals surface area (Å²) in [6.45, 7) is 6.58. The number of hydrogen-bond donors (Lipinski definition) is 2. The Morgan fingerprint density at radius 2 is 1.89 bits per heavy atom. The molecule has 2 saturated heterocycles. The zero-order valence-electron chi connectivity index (χ0n) is 12.1. The lowest BCUT2D eigenvalue weighted by Crippen LogP contribution is -2.39. The van der Waals surface area contributed by atoms with Crippen molar-refractivity contribution < 1.29 is 5.11 Å². The van der Waals surface area contributed by atoms with Crippen molar-refractivity contribution in [1.29, 1.82) is 0 Å². The van der Waals surface area contributed by atoms with E-state index >= 15 is 0 Å². The minimum absolute atomic E-state index is 0.292. The van der Waals surface area contributed by atoms with E-state index < -0.39 is 0 Å². The van der Waals surface area contributed by atoms with Gasteiger partial charge in [-0.1, -0.05) is 0 Å². The van der Waals surface area contributed by atoms with Crippen LogP contribution in [0, 0.1) is 0 Å². The van der Waals surface area contributed by atoms with Crippen molar-refractivity contribution in [2.24, 2.45) is 0 Å².